The molecule has 0 bridgehead atoms. The van der Waals surface area contributed by atoms with E-state index in [1.54, 1.807) is 0 Å². The van der Waals surface area contributed by atoms with E-state index in [2.05, 4.69) is 29.6 Å². The first kappa shape index (κ1) is 14.7. The molecule has 0 saturated heterocycles. The molecule has 1 N–H and O–H groups in total. The first-order valence-electron chi connectivity index (χ1n) is 7.82. The standard InChI is InChI=1S/C18H23NOS/c1-19-18-8-4-7-15(18)11-12-21(20)17-10-9-14-5-2-3-6-16(14)13-17/h2-3,5-6,9-10,13,15,18-19H,4,7-8,11-12H2,1H3. The third-order valence-corrected chi connectivity index (χ3v) is 6.07. The van der Waals surface area contributed by atoms with Gasteiger partial charge in [-0.15, -0.1) is 0 Å². The van der Waals surface area contributed by atoms with Crippen molar-refractivity contribution in [3.05, 3.63) is 42.5 Å². The van der Waals surface area contributed by atoms with Gasteiger partial charge in [-0.3, -0.25) is 4.21 Å². The molecule has 3 rings (SSSR count). The summed E-state index contributed by atoms with van der Waals surface area (Å²) < 4.78 is 12.5. The van der Waals surface area contributed by atoms with E-state index < -0.39 is 10.8 Å². The van der Waals surface area contributed by atoms with E-state index in [4.69, 9.17) is 0 Å². The van der Waals surface area contributed by atoms with Gasteiger partial charge in [0.05, 0.1) is 10.8 Å². The van der Waals surface area contributed by atoms with E-state index in [1.807, 2.05) is 25.2 Å². The van der Waals surface area contributed by atoms with Crippen LogP contribution in [0.15, 0.2) is 47.4 Å². The second kappa shape index (κ2) is 6.71. The Morgan fingerprint density at radius 3 is 2.76 bits per heavy atom. The van der Waals surface area contributed by atoms with Gasteiger partial charge < -0.3 is 5.32 Å². The van der Waals surface area contributed by atoms with E-state index in [0.717, 1.165) is 17.1 Å². The fraction of sp³-hybridized carbons (Fsp3) is 0.444. The van der Waals surface area contributed by atoms with Crippen molar-refractivity contribution in [3.8, 4) is 0 Å². The Morgan fingerprint density at radius 1 is 1.14 bits per heavy atom. The highest BCUT2D eigenvalue weighted by molar-refractivity contribution is 7.85. The number of hydrogen-bond donors (Lipinski definition) is 1. The lowest BCUT2D eigenvalue weighted by Crippen LogP contribution is -2.29. The normalized spacial score (nSPS) is 23.5. The number of rotatable bonds is 5. The van der Waals surface area contributed by atoms with E-state index in [1.165, 1.54) is 30.0 Å². The van der Waals surface area contributed by atoms with Gasteiger partial charge in [0, 0.05) is 16.7 Å². The number of hydrogen-bond acceptors (Lipinski definition) is 2. The van der Waals surface area contributed by atoms with Crippen molar-refractivity contribution < 1.29 is 4.21 Å². The van der Waals surface area contributed by atoms with Crippen LogP contribution in [0.5, 0.6) is 0 Å². The third-order valence-electron chi connectivity index (χ3n) is 4.69. The number of benzene rings is 2. The Balaban J connectivity index is 1.66. The van der Waals surface area contributed by atoms with Crippen LogP contribution in [-0.2, 0) is 10.8 Å². The van der Waals surface area contributed by atoms with Crippen LogP contribution in [0.4, 0.5) is 0 Å². The summed E-state index contributed by atoms with van der Waals surface area (Å²) >= 11 is 0. The molecule has 0 aliphatic heterocycles. The first-order valence-corrected chi connectivity index (χ1v) is 9.14. The minimum Gasteiger partial charge on any atom is -0.317 e. The molecule has 3 unspecified atom stereocenters. The summed E-state index contributed by atoms with van der Waals surface area (Å²) in [6.45, 7) is 0. The fourth-order valence-corrected chi connectivity index (χ4v) is 4.68. The zero-order valence-corrected chi connectivity index (χ0v) is 13.4. The monoisotopic (exact) mass is 301 g/mol. The van der Waals surface area contributed by atoms with Crippen LogP contribution in [0.3, 0.4) is 0 Å². The van der Waals surface area contributed by atoms with Gasteiger partial charge in [0.1, 0.15) is 0 Å². The maximum Gasteiger partial charge on any atom is 0.0529 e. The highest BCUT2D eigenvalue weighted by Gasteiger charge is 2.25. The SMILES string of the molecule is CNC1CCCC1CCS(=O)c1ccc2ccccc2c1. The molecule has 21 heavy (non-hydrogen) atoms. The average Bonchev–Trinajstić information content (AvgIpc) is 2.99. The van der Waals surface area contributed by atoms with Gasteiger partial charge in [-0.1, -0.05) is 36.8 Å². The lowest BCUT2D eigenvalue weighted by Gasteiger charge is -2.18. The molecule has 1 aliphatic rings. The minimum atomic E-state index is -0.880. The van der Waals surface area contributed by atoms with Crippen LogP contribution in [0.25, 0.3) is 10.8 Å². The van der Waals surface area contributed by atoms with Crippen LogP contribution in [0.1, 0.15) is 25.7 Å². The summed E-state index contributed by atoms with van der Waals surface area (Å²) in [6, 6.07) is 15.1. The first-order chi connectivity index (χ1) is 10.3. The zero-order chi connectivity index (χ0) is 14.7. The van der Waals surface area contributed by atoms with Crippen LogP contribution in [-0.4, -0.2) is 23.1 Å². The molecule has 1 fully saturated rings. The van der Waals surface area contributed by atoms with Crippen LogP contribution >= 0.6 is 0 Å². The topological polar surface area (TPSA) is 29.1 Å². The molecule has 3 heteroatoms. The molecule has 1 aliphatic carbocycles. The molecule has 2 aromatic rings. The lowest BCUT2D eigenvalue weighted by molar-refractivity contribution is 0.416. The number of nitrogens with one attached hydrogen (secondary N) is 1. The molecule has 3 atom stereocenters. The molecule has 2 aromatic carbocycles. The lowest BCUT2D eigenvalue weighted by atomic mass is 10.0. The highest BCUT2D eigenvalue weighted by Crippen LogP contribution is 2.29. The van der Waals surface area contributed by atoms with Gasteiger partial charge in [-0.2, -0.15) is 0 Å². The average molecular weight is 301 g/mol. The van der Waals surface area contributed by atoms with Crippen LogP contribution < -0.4 is 5.32 Å². The van der Waals surface area contributed by atoms with Gasteiger partial charge in [-0.25, -0.2) is 0 Å². The van der Waals surface area contributed by atoms with Crippen molar-refractivity contribution in [1.82, 2.24) is 5.32 Å². The largest absolute Gasteiger partial charge is 0.317 e. The van der Waals surface area contributed by atoms with Crippen molar-refractivity contribution in [2.75, 3.05) is 12.8 Å². The van der Waals surface area contributed by atoms with Crippen molar-refractivity contribution >= 4 is 21.6 Å². The molecule has 112 valence electrons. The predicted octanol–water partition coefficient (Wildman–Crippen LogP) is 3.73. The Morgan fingerprint density at radius 2 is 1.95 bits per heavy atom. The summed E-state index contributed by atoms with van der Waals surface area (Å²) in [5.41, 5.74) is 0. The maximum absolute atomic E-state index is 12.5. The zero-order valence-electron chi connectivity index (χ0n) is 12.5. The minimum absolute atomic E-state index is 0.624. The maximum atomic E-state index is 12.5. The van der Waals surface area contributed by atoms with Gasteiger partial charge in [-0.05, 0) is 55.1 Å². The summed E-state index contributed by atoms with van der Waals surface area (Å²) in [5.74, 6) is 1.47. The van der Waals surface area contributed by atoms with Gasteiger partial charge in [0.25, 0.3) is 0 Å². The summed E-state index contributed by atoms with van der Waals surface area (Å²) in [6.07, 6.45) is 4.91. The molecule has 1 saturated carbocycles. The molecule has 2 nitrogen and oxygen atoms in total. The molecular weight excluding hydrogens is 278 g/mol. The van der Waals surface area contributed by atoms with Crippen molar-refractivity contribution in [2.45, 2.75) is 36.6 Å². The van der Waals surface area contributed by atoms with E-state index >= 15 is 0 Å². The Bertz CT molecular complexity index is 640. The van der Waals surface area contributed by atoms with E-state index in [-0.39, 0.29) is 0 Å². The second-order valence-corrected chi connectivity index (χ2v) is 7.50. The smallest absolute Gasteiger partial charge is 0.0529 e. The highest BCUT2D eigenvalue weighted by atomic mass is 32.2. The summed E-state index contributed by atoms with van der Waals surface area (Å²) in [5, 5.41) is 5.79. The molecule has 0 spiro atoms. The Hall–Kier alpha value is -1.19. The Kier molecular flexibility index (Phi) is 4.71. The van der Waals surface area contributed by atoms with Crippen molar-refractivity contribution in [3.63, 3.8) is 0 Å². The predicted molar refractivity (Wildman–Crippen MR) is 90.0 cm³/mol. The molecular formula is C18H23NOS. The molecule has 0 radical (unpaired) electrons. The van der Waals surface area contributed by atoms with E-state index in [0.29, 0.717) is 12.0 Å². The molecule has 0 aromatic heterocycles. The van der Waals surface area contributed by atoms with Gasteiger partial charge >= 0.3 is 0 Å². The summed E-state index contributed by atoms with van der Waals surface area (Å²) in [7, 11) is 1.16. The van der Waals surface area contributed by atoms with Gasteiger partial charge in [0.2, 0.25) is 0 Å². The third kappa shape index (κ3) is 3.35. The number of fused-ring (bicyclic) bond motifs is 1. The fourth-order valence-electron chi connectivity index (χ4n) is 3.45. The molecule has 0 amide bonds. The Labute approximate surface area is 129 Å². The van der Waals surface area contributed by atoms with Gasteiger partial charge in [0.15, 0.2) is 0 Å². The van der Waals surface area contributed by atoms with Crippen molar-refractivity contribution in [2.24, 2.45) is 5.92 Å². The quantitative estimate of drug-likeness (QED) is 0.912. The summed E-state index contributed by atoms with van der Waals surface area (Å²) in [4.78, 5) is 0.965. The van der Waals surface area contributed by atoms with Crippen molar-refractivity contribution in [1.29, 1.82) is 0 Å². The van der Waals surface area contributed by atoms with Crippen LogP contribution in [0.2, 0.25) is 0 Å². The molecule has 0 heterocycles. The second-order valence-electron chi connectivity index (χ2n) is 5.93. The van der Waals surface area contributed by atoms with E-state index in [9.17, 15) is 4.21 Å². The van der Waals surface area contributed by atoms with Crippen LogP contribution in [0, 0.1) is 5.92 Å².